The van der Waals surface area contributed by atoms with Gasteiger partial charge in [-0.25, -0.2) is 4.79 Å². The number of carboxylic acid groups (broad SMARTS) is 1. The zero-order valence-corrected chi connectivity index (χ0v) is 10.7. The second-order valence-corrected chi connectivity index (χ2v) is 4.91. The molecule has 0 aromatic carbocycles. The van der Waals surface area contributed by atoms with E-state index in [-0.39, 0.29) is 11.5 Å². The van der Waals surface area contributed by atoms with Gasteiger partial charge in [-0.15, -0.1) is 0 Å². The summed E-state index contributed by atoms with van der Waals surface area (Å²) in [6.07, 6.45) is 3.90. The molecule has 6 nitrogen and oxygen atoms in total. The van der Waals surface area contributed by atoms with Crippen LogP contribution in [0.5, 0.6) is 0 Å². The van der Waals surface area contributed by atoms with E-state index in [1.165, 1.54) is 19.2 Å². The van der Waals surface area contributed by atoms with Crippen LogP contribution in [0.15, 0.2) is 12.3 Å². The Labute approximate surface area is 110 Å². The molecule has 0 saturated heterocycles. The first-order chi connectivity index (χ1) is 8.94. The van der Waals surface area contributed by atoms with E-state index in [4.69, 9.17) is 0 Å². The van der Waals surface area contributed by atoms with Gasteiger partial charge in [0.05, 0.1) is 0 Å². The van der Waals surface area contributed by atoms with Gasteiger partial charge in [0.1, 0.15) is 11.2 Å². The van der Waals surface area contributed by atoms with Crippen molar-refractivity contribution in [2.24, 2.45) is 0 Å². The molecule has 1 aliphatic rings. The van der Waals surface area contributed by atoms with Crippen LogP contribution in [0.25, 0.3) is 0 Å². The third kappa shape index (κ3) is 2.52. The fourth-order valence-corrected chi connectivity index (χ4v) is 2.38. The van der Waals surface area contributed by atoms with Crippen molar-refractivity contribution in [2.75, 3.05) is 0 Å². The zero-order chi connectivity index (χ0) is 14.0. The van der Waals surface area contributed by atoms with E-state index >= 15 is 0 Å². The van der Waals surface area contributed by atoms with E-state index < -0.39 is 17.4 Å². The maximum Gasteiger partial charge on any atom is 0.329 e. The van der Waals surface area contributed by atoms with Crippen LogP contribution in [0.4, 0.5) is 0 Å². The van der Waals surface area contributed by atoms with Gasteiger partial charge in [0.15, 0.2) is 5.78 Å². The highest BCUT2D eigenvalue weighted by Crippen LogP contribution is 2.30. The van der Waals surface area contributed by atoms with Crippen LogP contribution in [0.3, 0.4) is 0 Å². The molecule has 1 fully saturated rings. The Morgan fingerprint density at radius 3 is 2.42 bits per heavy atom. The number of nitrogens with one attached hydrogen (secondary N) is 2. The second-order valence-electron chi connectivity index (χ2n) is 4.91. The van der Waals surface area contributed by atoms with E-state index in [0.717, 1.165) is 12.8 Å². The quantitative estimate of drug-likeness (QED) is 0.714. The molecule has 0 aliphatic heterocycles. The molecule has 1 amide bonds. The minimum Gasteiger partial charge on any atom is -0.480 e. The number of hydrogen-bond donors (Lipinski definition) is 3. The van der Waals surface area contributed by atoms with Crippen LogP contribution in [-0.2, 0) is 4.79 Å². The molecular weight excluding hydrogens is 248 g/mol. The molecule has 1 aromatic heterocycles. The van der Waals surface area contributed by atoms with Crippen molar-refractivity contribution < 1.29 is 19.5 Å². The van der Waals surface area contributed by atoms with Gasteiger partial charge < -0.3 is 15.4 Å². The predicted octanol–water partition coefficient (Wildman–Crippen LogP) is 1.34. The number of carbonyl (C=O) groups is 3. The molecule has 19 heavy (non-hydrogen) atoms. The largest absolute Gasteiger partial charge is 0.480 e. The van der Waals surface area contributed by atoms with E-state index in [9.17, 15) is 19.5 Å². The smallest absolute Gasteiger partial charge is 0.329 e. The maximum atomic E-state index is 12.0. The first-order valence-corrected chi connectivity index (χ1v) is 6.20. The number of amides is 1. The summed E-state index contributed by atoms with van der Waals surface area (Å²) >= 11 is 0. The lowest BCUT2D eigenvalue weighted by Crippen LogP contribution is -2.52. The van der Waals surface area contributed by atoms with E-state index in [1.807, 2.05) is 0 Å². The van der Waals surface area contributed by atoms with Crippen LogP contribution in [0.2, 0.25) is 0 Å². The average molecular weight is 264 g/mol. The number of ketones is 1. The standard InChI is InChI=1S/C13H16N2O4/c1-8(16)9-6-10(14-7-9)11(17)15-13(12(18)19)4-2-3-5-13/h6-7,14H,2-5H2,1H3,(H,15,17)(H,18,19). The van der Waals surface area contributed by atoms with E-state index in [2.05, 4.69) is 10.3 Å². The van der Waals surface area contributed by atoms with Crippen LogP contribution in [-0.4, -0.2) is 33.3 Å². The lowest BCUT2D eigenvalue weighted by molar-refractivity contribution is -0.144. The Hall–Kier alpha value is -2.11. The fraction of sp³-hybridized carbons (Fsp3) is 0.462. The molecule has 1 heterocycles. The molecule has 0 atom stereocenters. The van der Waals surface area contributed by atoms with Gasteiger partial charge in [0, 0.05) is 11.8 Å². The van der Waals surface area contributed by atoms with Gasteiger partial charge in [0.2, 0.25) is 0 Å². The maximum absolute atomic E-state index is 12.0. The number of rotatable bonds is 4. The first-order valence-electron chi connectivity index (χ1n) is 6.20. The number of aromatic amines is 1. The van der Waals surface area contributed by atoms with Crippen LogP contribution in [0.1, 0.15) is 53.5 Å². The number of H-pyrrole nitrogens is 1. The normalized spacial score (nSPS) is 17.1. The number of hydrogen-bond acceptors (Lipinski definition) is 3. The molecule has 0 spiro atoms. The topological polar surface area (TPSA) is 99.3 Å². The Morgan fingerprint density at radius 2 is 1.95 bits per heavy atom. The minimum absolute atomic E-state index is 0.149. The molecule has 2 rings (SSSR count). The molecule has 1 saturated carbocycles. The molecule has 0 radical (unpaired) electrons. The molecule has 6 heteroatoms. The summed E-state index contributed by atoms with van der Waals surface area (Å²) in [4.78, 5) is 37.2. The fourth-order valence-electron chi connectivity index (χ4n) is 2.38. The summed E-state index contributed by atoms with van der Waals surface area (Å²) in [6.45, 7) is 1.40. The number of aromatic nitrogens is 1. The first kappa shape index (κ1) is 13.3. The number of Topliss-reactive ketones (excluding diaryl/α,β-unsaturated/α-hetero) is 1. The summed E-state index contributed by atoms with van der Waals surface area (Å²) in [5.41, 5.74) is -0.558. The molecular formula is C13H16N2O4. The SMILES string of the molecule is CC(=O)c1c[nH]c(C(=O)NC2(C(=O)O)CCCC2)c1. The zero-order valence-electron chi connectivity index (χ0n) is 10.7. The molecule has 0 unspecified atom stereocenters. The molecule has 0 bridgehead atoms. The highest BCUT2D eigenvalue weighted by atomic mass is 16.4. The third-order valence-electron chi connectivity index (χ3n) is 3.55. The van der Waals surface area contributed by atoms with Crippen molar-refractivity contribution in [1.82, 2.24) is 10.3 Å². The highest BCUT2D eigenvalue weighted by Gasteiger charge is 2.42. The predicted molar refractivity (Wildman–Crippen MR) is 67.1 cm³/mol. The Morgan fingerprint density at radius 1 is 1.32 bits per heavy atom. The molecule has 102 valence electrons. The van der Waals surface area contributed by atoms with Crippen molar-refractivity contribution in [3.63, 3.8) is 0 Å². The van der Waals surface area contributed by atoms with Crippen molar-refractivity contribution >= 4 is 17.7 Å². The molecule has 3 N–H and O–H groups in total. The number of carbonyl (C=O) groups excluding carboxylic acids is 2. The van der Waals surface area contributed by atoms with Crippen LogP contribution < -0.4 is 5.32 Å². The highest BCUT2D eigenvalue weighted by molar-refractivity contribution is 6.00. The lowest BCUT2D eigenvalue weighted by atomic mass is 9.97. The lowest BCUT2D eigenvalue weighted by Gasteiger charge is -2.24. The van der Waals surface area contributed by atoms with Crippen molar-refractivity contribution in [1.29, 1.82) is 0 Å². The summed E-state index contributed by atoms with van der Waals surface area (Å²) in [7, 11) is 0. The van der Waals surface area contributed by atoms with Gasteiger partial charge in [-0.1, -0.05) is 12.8 Å². The van der Waals surface area contributed by atoms with E-state index in [1.54, 1.807) is 0 Å². The van der Waals surface area contributed by atoms with Gasteiger partial charge in [-0.05, 0) is 25.8 Å². The van der Waals surface area contributed by atoms with Gasteiger partial charge >= 0.3 is 5.97 Å². The molecule has 1 aromatic rings. The number of carboxylic acids is 1. The van der Waals surface area contributed by atoms with Crippen LogP contribution >= 0.6 is 0 Å². The summed E-state index contributed by atoms with van der Waals surface area (Å²) in [5, 5.41) is 11.9. The van der Waals surface area contributed by atoms with Gasteiger partial charge in [-0.2, -0.15) is 0 Å². The second kappa shape index (κ2) is 4.87. The third-order valence-corrected chi connectivity index (χ3v) is 3.55. The van der Waals surface area contributed by atoms with E-state index in [0.29, 0.717) is 18.4 Å². The van der Waals surface area contributed by atoms with Crippen LogP contribution in [0, 0.1) is 0 Å². The summed E-state index contributed by atoms with van der Waals surface area (Å²) in [6, 6.07) is 1.43. The Bertz CT molecular complexity index is 527. The van der Waals surface area contributed by atoms with Gasteiger partial charge in [-0.3, -0.25) is 9.59 Å². The summed E-state index contributed by atoms with van der Waals surface area (Å²) < 4.78 is 0. The Balaban J connectivity index is 2.15. The van der Waals surface area contributed by atoms with Gasteiger partial charge in [0.25, 0.3) is 5.91 Å². The molecule has 1 aliphatic carbocycles. The Kier molecular flexibility index (Phi) is 3.42. The average Bonchev–Trinajstić information content (AvgIpc) is 2.97. The number of aliphatic carboxylic acids is 1. The summed E-state index contributed by atoms with van der Waals surface area (Å²) in [5.74, 6) is -1.64. The monoisotopic (exact) mass is 264 g/mol. The van der Waals surface area contributed by atoms with Crippen molar-refractivity contribution in [2.45, 2.75) is 38.1 Å². The minimum atomic E-state index is -1.17. The van der Waals surface area contributed by atoms with Crippen molar-refractivity contribution in [3.8, 4) is 0 Å². The van der Waals surface area contributed by atoms with Crippen molar-refractivity contribution in [3.05, 3.63) is 23.5 Å².